The van der Waals surface area contributed by atoms with E-state index < -0.39 is 0 Å². The zero-order chi connectivity index (χ0) is 13.8. The summed E-state index contributed by atoms with van der Waals surface area (Å²) in [5.74, 6) is 0.355. The van der Waals surface area contributed by atoms with Gasteiger partial charge in [-0.05, 0) is 53.6 Å². The number of carbonyl (C=O) groups is 1. The van der Waals surface area contributed by atoms with E-state index in [1.54, 1.807) is 12.1 Å². The lowest BCUT2D eigenvalue weighted by atomic mass is 9.99. The molecule has 1 aliphatic heterocycles. The van der Waals surface area contributed by atoms with Gasteiger partial charge >= 0.3 is 0 Å². The first-order chi connectivity index (χ1) is 9.11. The first kappa shape index (κ1) is 15.1. The molecule has 1 fully saturated rings. The maximum absolute atomic E-state index is 12.0. The average molecular weight is 394 g/mol. The monoisotopic (exact) mass is 393 g/mol. The standard InChI is InChI=1S/C14H17ClINO2/c1-2-13-10(5-6-19-13)8-17-14(18)9-3-4-12(16)11(15)7-9/h3-4,7,10,13H,2,5-6,8H2,1H3,(H,17,18). The SMILES string of the molecule is CCC1OCCC1CNC(=O)c1ccc(I)c(Cl)c1. The summed E-state index contributed by atoms with van der Waals surface area (Å²) in [6, 6.07) is 5.36. The number of hydrogen-bond acceptors (Lipinski definition) is 2. The van der Waals surface area contributed by atoms with Crippen molar-refractivity contribution in [2.75, 3.05) is 13.2 Å². The quantitative estimate of drug-likeness (QED) is 0.795. The molecule has 2 rings (SSSR count). The van der Waals surface area contributed by atoms with Crippen LogP contribution in [-0.2, 0) is 4.74 Å². The Labute approximate surface area is 132 Å². The number of ether oxygens (including phenoxy) is 1. The molecule has 1 amide bonds. The van der Waals surface area contributed by atoms with Crippen LogP contribution in [0, 0.1) is 9.49 Å². The van der Waals surface area contributed by atoms with Crippen molar-refractivity contribution in [3.8, 4) is 0 Å². The van der Waals surface area contributed by atoms with Crippen molar-refractivity contribution in [1.29, 1.82) is 0 Å². The fraction of sp³-hybridized carbons (Fsp3) is 0.500. The van der Waals surface area contributed by atoms with Gasteiger partial charge in [0.1, 0.15) is 0 Å². The summed E-state index contributed by atoms with van der Waals surface area (Å²) in [5.41, 5.74) is 0.609. The second-order valence-corrected chi connectivity index (χ2v) is 6.27. The van der Waals surface area contributed by atoms with E-state index >= 15 is 0 Å². The topological polar surface area (TPSA) is 38.3 Å². The maximum Gasteiger partial charge on any atom is 0.251 e. The van der Waals surface area contributed by atoms with E-state index in [1.807, 2.05) is 6.07 Å². The van der Waals surface area contributed by atoms with Gasteiger partial charge in [-0.15, -0.1) is 0 Å². The van der Waals surface area contributed by atoms with Crippen LogP contribution in [0.4, 0.5) is 0 Å². The van der Waals surface area contributed by atoms with Gasteiger partial charge in [-0.2, -0.15) is 0 Å². The summed E-state index contributed by atoms with van der Waals surface area (Å²) in [4.78, 5) is 12.0. The molecule has 0 spiro atoms. The summed E-state index contributed by atoms with van der Waals surface area (Å²) in [6.45, 7) is 3.58. The van der Waals surface area contributed by atoms with Crippen LogP contribution in [0.5, 0.6) is 0 Å². The molecule has 0 bridgehead atoms. The summed E-state index contributed by atoms with van der Waals surface area (Å²) in [5, 5.41) is 3.59. The lowest BCUT2D eigenvalue weighted by Crippen LogP contribution is -2.32. The lowest BCUT2D eigenvalue weighted by Gasteiger charge is -2.17. The summed E-state index contributed by atoms with van der Waals surface area (Å²) >= 11 is 8.17. The van der Waals surface area contributed by atoms with E-state index in [9.17, 15) is 4.79 Å². The molecule has 2 unspecified atom stereocenters. The second kappa shape index (κ2) is 6.90. The molecule has 1 aromatic rings. The Morgan fingerprint density at radius 2 is 2.37 bits per heavy atom. The highest BCUT2D eigenvalue weighted by Gasteiger charge is 2.26. The number of nitrogens with one attached hydrogen (secondary N) is 1. The molecule has 0 saturated carbocycles. The molecule has 1 saturated heterocycles. The van der Waals surface area contributed by atoms with Gasteiger partial charge in [-0.25, -0.2) is 0 Å². The molecular formula is C14H17ClINO2. The number of amides is 1. The van der Waals surface area contributed by atoms with Crippen LogP contribution < -0.4 is 5.32 Å². The van der Waals surface area contributed by atoms with Crippen molar-refractivity contribution < 1.29 is 9.53 Å². The fourth-order valence-corrected chi connectivity index (χ4v) is 2.86. The Balaban J connectivity index is 1.92. The Bertz CT molecular complexity index is 467. The van der Waals surface area contributed by atoms with E-state index in [-0.39, 0.29) is 12.0 Å². The average Bonchev–Trinajstić information content (AvgIpc) is 2.86. The molecular weight excluding hydrogens is 377 g/mol. The van der Waals surface area contributed by atoms with Gasteiger partial charge in [0.05, 0.1) is 11.1 Å². The molecule has 1 aliphatic rings. The Kier molecular flexibility index (Phi) is 5.47. The van der Waals surface area contributed by atoms with Gasteiger partial charge in [-0.3, -0.25) is 4.79 Å². The van der Waals surface area contributed by atoms with Crippen LogP contribution in [0.3, 0.4) is 0 Å². The Morgan fingerprint density at radius 1 is 1.58 bits per heavy atom. The Morgan fingerprint density at radius 3 is 3.05 bits per heavy atom. The van der Waals surface area contributed by atoms with Crippen LogP contribution in [0.25, 0.3) is 0 Å². The summed E-state index contributed by atoms with van der Waals surface area (Å²) < 4.78 is 6.56. The second-order valence-electron chi connectivity index (χ2n) is 4.71. The minimum absolute atomic E-state index is 0.0694. The van der Waals surface area contributed by atoms with Crippen LogP contribution in [0.15, 0.2) is 18.2 Å². The van der Waals surface area contributed by atoms with Crippen molar-refractivity contribution in [1.82, 2.24) is 5.32 Å². The third-order valence-electron chi connectivity index (χ3n) is 3.46. The molecule has 1 N–H and O–H groups in total. The summed E-state index contributed by atoms with van der Waals surface area (Å²) in [7, 11) is 0. The van der Waals surface area contributed by atoms with Gasteiger partial charge in [0.2, 0.25) is 0 Å². The third kappa shape index (κ3) is 3.83. The largest absolute Gasteiger partial charge is 0.378 e. The van der Waals surface area contributed by atoms with E-state index in [1.165, 1.54) is 0 Å². The van der Waals surface area contributed by atoms with Gasteiger partial charge in [0, 0.05) is 28.2 Å². The lowest BCUT2D eigenvalue weighted by molar-refractivity contribution is 0.0827. The highest BCUT2D eigenvalue weighted by molar-refractivity contribution is 14.1. The minimum Gasteiger partial charge on any atom is -0.378 e. The molecule has 0 aliphatic carbocycles. The maximum atomic E-state index is 12.0. The zero-order valence-corrected chi connectivity index (χ0v) is 13.7. The van der Waals surface area contributed by atoms with Gasteiger partial charge < -0.3 is 10.1 Å². The third-order valence-corrected chi connectivity index (χ3v) is 5.03. The minimum atomic E-state index is -0.0694. The van der Waals surface area contributed by atoms with Crippen molar-refractivity contribution in [2.24, 2.45) is 5.92 Å². The van der Waals surface area contributed by atoms with Crippen molar-refractivity contribution in [3.05, 3.63) is 32.4 Å². The van der Waals surface area contributed by atoms with Crippen LogP contribution in [0.2, 0.25) is 5.02 Å². The molecule has 104 valence electrons. The number of rotatable bonds is 4. The van der Waals surface area contributed by atoms with Crippen molar-refractivity contribution in [3.63, 3.8) is 0 Å². The van der Waals surface area contributed by atoms with E-state index in [2.05, 4.69) is 34.8 Å². The van der Waals surface area contributed by atoms with E-state index in [0.717, 1.165) is 23.0 Å². The molecule has 3 nitrogen and oxygen atoms in total. The molecule has 0 aromatic heterocycles. The van der Waals surface area contributed by atoms with Gasteiger partial charge in [-0.1, -0.05) is 18.5 Å². The molecule has 2 atom stereocenters. The molecule has 19 heavy (non-hydrogen) atoms. The number of halogens is 2. The van der Waals surface area contributed by atoms with E-state index in [4.69, 9.17) is 16.3 Å². The van der Waals surface area contributed by atoms with Gasteiger partial charge in [0.25, 0.3) is 5.91 Å². The molecule has 1 aromatic carbocycles. The number of hydrogen-bond donors (Lipinski definition) is 1. The van der Waals surface area contributed by atoms with Crippen LogP contribution in [0.1, 0.15) is 30.1 Å². The van der Waals surface area contributed by atoms with E-state index in [0.29, 0.717) is 23.0 Å². The Hall–Kier alpha value is -0.330. The highest BCUT2D eigenvalue weighted by atomic mass is 127. The number of benzene rings is 1. The first-order valence-corrected chi connectivity index (χ1v) is 7.92. The molecule has 1 heterocycles. The van der Waals surface area contributed by atoms with Gasteiger partial charge in [0.15, 0.2) is 0 Å². The van der Waals surface area contributed by atoms with Crippen molar-refractivity contribution >= 4 is 40.1 Å². The first-order valence-electron chi connectivity index (χ1n) is 6.46. The predicted molar refractivity (Wildman–Crippen MR) is 84.6 cm³/mol. The normalized spacial score (nSPS) is 22.5. The highest BCUT2D eigenvalue weighted by Crippen LogP contribution is 2.23. The number of carbonyl (C=O) groups excluding carboxylic acids is 1. The summed E-state index contributed by atoms with van der Waals surface area (Å²) in [6.07, 6.45) is 2.29. The molecule has 5 heteroatoms. The molecule has 0 radical (unpaired) electrons. The van der Waals surface area contributed by atoms with Crippen molar-refractivity contribution in [2.45, 2.75) is 25.9 Å². The zero-order valence-electron chi connectivity index (χ0n) is 10.8. The van der Waals surface area contributed by atoms with Crippen LogP contribution in [-0.4, -0.2) is 25.2 Å². The smallest absolute Gasteiger partial charge is 0.251 e. The van der Waals surface area contributed by atoms with Crippen LogP contribution >= 0.6 is 34.2 Å². The fourth-order valence-electron chi connectivity index (χ4n) is 2.34. The predicted octanol–water partition coefficient (Wildman–Crippen LogP) is 3.49.